The maximum atomic E-state index is 12.3. The highest BCUT2D eigenvalue weighted by molar-refractivity contribution is 6.09. The van der Waals surface area contributed by atoms with Gasteiger partial charge in [-0.2, -0.15) is 10.4 Å². The second kappa shape index (κ2) is 7.81. The van der Waals surface area contributed by atoms with E-state index < -0.39 is 5.91 Å². The van der Waals surface area contributed by atoms with Gasteiger partial charge < -0.3 is 10.1 Å². The second-order valence-electron chi connectivity index (χ2n) is 5.51. The van der Waals surface area contributed by atoms with E-state index in [0.717, 1.165) is 5.75 Å². The molecule has 2 aromatic carbocycles. The number of anilines is 1. The third kappa shape index (κ3) is 4.36. The van der Waals surface area contributed by atoms with Crippen molar-refractivity contribution in [3.05, 3.63) is 78.1 Å². The Labute approximate surface area is 151 Å². The van der Waals surface area contributed by atoms with Crippen molar-refractivity contribution in [2.75, 3.05) is 5.32 Å². The van der Waals surface area contributed by atoms with Gasteiger partial charge >= 0.3 is 0 Å². The van der Waals surface area contributed by atoms with Crippen molar-refractivity contribution >= 4 is 17.7 Å². The molecule has 3 rings (SSSR count). The van der Waals surface area contributed by atoms with Gasteiger partial charge in [0.25, 0.3) is 5.91 Å². The number of carbonyl (C=O) groups excluding carboxylic acids is 1. The Kier molecular flexibility index (Phi) is 5.11. The smallest absolute Gasteiger partial charge is 0.266 e. The number of rotatable bonds is 5. The van der Waals surface area contributed by atoms with Crippen LogP contribution in [0.5, 0.6) is 11.5 Å². The monoisotopic (exact) mass is 344 g/mol. The molecule has 0 radical (unpaired) electrons. The van der Waals surface area contributed by atoms with E-state index in [-0.39, 0.29) is 5.57 Å². The molecule has 0 unspecified atom stereocenters. The summed E-state index contributed by atoms with van der Waals surface area (Å²) in [7, 11) is 1.77. The van der Waals surface area contributed by atoms with Crippen LogP contribution in [0.1, 0.15) is 5.56 Å². The predicted molar refractivity (Wildman–Crippen MR) is 98.4 cm³/mol. The first kappa shape index (κ1) is 17.0. The zero-order chi connectivity index (χ0) is 18.4. The number of hydrogen-bond donors (Lipinski definition) is 1. The van der Waals surface area contributed by atoms with E-state index in [0.29, 0.717) is 17.0 Å². The Morgan fingerprint density at radius 3 is 2.46 bits per heavy atom. The third-order valence-corrected chi connectivity index (χ3v) is 3.49. The molecule has 0 atom stereocenters. The molecule has 26 heavy (non-hydrogen) atoms. The maximum Gasteiger partial charge on any atom is 0.266 e. The third-order valence-electron chi connectivity index (χ3n) is 3.49. The molecule has 0 saturated heterocycles. The summed E-state index contributed by atoms with van der Waals surface area (Å²) in [5, 5.41) is 15.9. The number of nitriles is 1. The highest BCUT2D eigenvalue weighted by Gasteiger charge is 2.10. The van der Waals surface area contributed by atoms with Gasteiger partial charge in [-0.3, -0.25) is 9.48 Å². The van der Waals surface area contributed by atoms with Crippen LogP contribution in [0.2, 0.25) is 0 Å². The lowest BCUT2D eigenvalue weighted by Gasteiger charge is -2.07. The van der Waals surface area contributed by atoms with Crippen molar-refractivity contribution in [2.45, 2.75) is 0 Å². The van der Waals surface area contributed by atoms with E-state index >= 15 is 0 Å². The Morgan fingerprint density at radius 1 is 1.15 bits per heavy atom. The molecule has 0 spiro atoms. The van der Waals surface area contributed by atoms with Crippen LogP contribution in [0.25, 0.3) is 6.08 Å². The molecular weight excluding hydrogens is 328 g/mol. The molecule has 1 N–H and O–H groups in total. The highest BCUT2D eigenvalue weighted by Crippen LogP contribution is 2.22. The largest absolute Gasteiger partial charge is 0.457 e. The van der Waals surface area contributed by atoms with Gasteiger partial charge in [0.15, 0.2) is 0 Å². The quantitative estimate of drug-likeness (QED) is 0.564. The number of aromatic nitrogens is 2. The van der Waals surface area contributed by atoms with Crippen LogP contribution in [-0.2, 0) is 11.8 Å². The molecule has 0 aliphatic heterocycles. The van der Waals surface area contributed by atoms with Gasteiger partial charge in [0.1, 0.15) is 23.1 Å². The Balaban J connectivity index is 1.67. The minimum Gasteiger partial charge on any atom is -0.457 e. The van der Waals surface area contributed by atoms with Crippen LogP contribution in [-0.4, -0.2) is 15.7 Å². The molecule has 0 aliphatic rings. The van der Waals surface area contributed by atoms with Crippen LogP contribution < -0.4 is 10.1 Å². The number of aryl methyl sites for hydroxylation is 1. The van der Waals surface area contributed by atoms with Crippen LogP contribution in [0.15, 0.2) is 72.6 Å². The Hall–Kier alpha value is -3.85. The van der Waals surface area contributed by atoms with Crippen molar-refractivity contribution in [1.82, 2.24) is 9.78 Å². The molecule has 1 aromatic heterocycles. The molecule has 6 nitrogen and oxygen atoms in total. The molecule has 6 heteroatoms. The average Bonchev–Trinajstić information content (AvgIpc) is 3.07. The molecular formula is C20H16N4O2. The fourth-order valence-electron chi connectivity index (χ4n) is 2.26. The van der Waals surface area contributed by atoms with E-state index in [2.05, 4.69) is 10.4 Å². The first-order chi connectivity index (χ1) is 12.6. The van der Waals surface area contributed by atoms with Crippen molar-refractivity contribution in [2.24, 2.45) is 7.05 Å². The van der Waals surface area contributed by atoms with Crippen molar-refractivity contribution in [3.8, 4) is 17.6 Å². The van der Waals surface area contributed by atoms with Crippen LogP contribution in [0.3, 0.4) is 0 Å². The first-order valence-corrected chi connectivity index (χ1v) is 7.89. The number of benzene rings is 2. The zero-order valence-electron chi connectivity index (χ0n) is 14.1. The number of nitrogens with zero attached hydrogens (tertiary/aromatic N) is 3. The molecule has 0 aliphatic carbocycles. The Bertz CT molecular complexity index is 967. The number of ether oxygens (including phenoxy) is 1. The number of amides is 1. The minimum absolute atomic E-state index is 0.00242. The summed E-state index contributed by atoms with van der Waals surface area (Å²) in [6.45, 7) is 0. The van der Waals surface area contributed by atoms with Crippen molar-refractivity contribution in [1.29, 1.82) is 5.26 Å². The van der Waals surface area contributed by atoms with E-state index in [1.165, 1.54) is 6.08 Å². The van der Waals surface area contributed by atoms with E-state index in [9.17, 15) is 10.1 Å². The molecule has 0 saturated carbocycles. The molecule has 3 aromatic rings. The van der Waals surface area contributed by atoms with Gasteiger partial charge in [-0.1, -0.05) is 18.2 Å². The molecule has 128 valence electrons. The summed E-state index contributed by atoms with van der Waals surface area (Å²) in [4.78, 5) is 12.3. The fraction of sp³-hybridized carbons (Fsp3) is 0.0500. The summed E-state index contributed by atoms with van der Waals surface area (Å²) in [5.74, 6) is 0.907. The van der Waals surface area contributed by atoms with Gasteiger partial charge in [0.05, 0.1) is 6.20 Å². The van der Waals surface area contributed by atoms with Gasteiger partial charge in [-0.05, 0) is 42.5 Å². The van der Waals surface area contributed by atoms with Crippen molar-refractivity contribution in [3.63, 3.8) is 0 Å². The predicted octanol–water partition coefficient (Wildman–Crippen LogP) is 3.76. The van der Waals surface area contributed by atoms with Crippen LogP contribution >= 0.6 is 0 Å². The number of nitrogens with one attached hydrogen (secondary N) is 1. The first-order valence-electron chi connectivity index (χ1n) is 7.89. The highest BCUT2D eigenvalue weighted by atomic mass is 16.5. The van der Waals surface area contributed by atoms with Gasteiger partial charge in [-0.15, -0.1) is 0 Å². The zero-order valence-corrected chi connectivity index (χ0v) is 14.1. The van der Waals surface area contributed by atoms with Crippen molar-refractivity contribution < 1.29 is 9.53 Å². The lowest BCUT2D eigenvalue weighted by Crippen LogP contribution is -2.13. The van der Waals surface area contributed by atoms with E-state index in [4.69, 9.17) is 4.74 Å². The fourth-order valence-corrected chi connectivity index (χ4v) is 2.26. The average molecular weight is 344 g/mol. The maximum absolute atomic E-state index is 12.3. The lowest BCUT2D eigenvalue weighted by molar-refractivity contribution is -0.112. The standard InChI is InChI=1S/C20H16N4O2/c1-24-14-15(13-22-24)11-16(12-21)20(25)23-17-7-9-19(10-8-17)26-18-5-3-2-4-6-18/h2-11,13-14H,1H3,(H,23,25). The normalized spacial score (nSPS) is 10.8. The lowest BCUT2D eigenvalue weighted by atomic mass is 10.2. The second-order valence-corrected chi connectivity index (χ2v) is 5.51. The topological polar surface area (TPSA) is 79.9 Å². The summed E-state index contributed by atoms with van der Waals surface area (Å²) in [6.07, 6.45) is 4.80. The number of para-hydroxylation sites is 1. The van der Waals surface area contributed by atoms with Crippen LogP contribution in [0.4, 0.5) is 5.69 Å². The summed E-state index contributed by atoms with van der Waals surface area (Å²) in [5.41, 5.74) is 1.26. The summed E-state index contributed by atoms with van der Waals surface area (Å²) < 4.78 is 7.30. The van der Waals surface area contributed by atoms with Gasteiger partial charge in [0, 0.05) is 24.5 Å². The number of carbonyl (C=O) groups is 1. The molecule has 1 heterocycles. The minimum atomic E-state index is -0.479. The van der Waals surface area contributed by atoms with Crippen LogP contribution in [0, 0.1) is 11.3 Å². The van der Waals surface area contributed by atoms with E-state index in [1.54, 1.807) is 48.4 Å². The van der Waals surface area contributed by atoms with Gasteiger partial charge in [-0.25, -0.2) is 0 Å². The summed E-state index contributed by atoms with van der Waals surface area (Å²) >= 11 is 0. The molecule has 0 fully saturated rings. The SMILES string of the molecule is Cn1cc(C=C(C#N)C(=O)Nc2ccc(Oc3ccccc3)cc2)cn1. The number of hydrogen-bond acceptors (Lipinski definition) is 4. The summed E-state index contributed by atoms with van der Waals surface area (Å²) in [6, 6.07) is 18.3. The van der Waals surface area contributed by atoms with E-state index in [1.807, 2.05) is 36.4 Å². The van der Waals surface area contributed by atoms with Gasteiger partial charge in [0.2, 0.25) is 0 Å². The molecule has 0 bridgehead atoms. The Morgan fingerprint density at radius 2 is 1.85 bits per heavy atom. The molecule has 1 amide bonds.